The minimum Gasteiger partial charge on any atom is -0.327 e. The molecule has 0 aliphatic carbocycles. The van der Waals surface area contributed by atoms with Crippen molar-refractivity contribution in [3.8, 4) is 0 Å². The summed E-state index contributed by atoms with van der Waals surface area (Å²) in [7, 11) is 0. The number of hydrogen-bond donors (Lipinski definition) is 2. The van der Waals surface area contributed by atoms with Crippen molar-refractivity contribution in [3.63, 3.8) is 0 Å². The summed E-state index contributed by atoms with van der Waals surface area (Å²) in [5, 5.41) is 0. The van der Waals surface area contributed by atoms with E-state index < -0.39 is 0 Å². The van der Waals surface area contributed by atoms with Gasteiger partial charge in [-0.05, 0) is 48.4 Å². The summed E-state index contributed by atoms with van der Waals surface area (Å²) in [5.74, 6) is 1.51. The zero-order chi connectivity index (χ0) is 19.2. The highest BCUT2D eigenvalue weighted by molar-refractivity contribution is 8.02. The first kappa shape index (κ1) is 20.6. The molecule has 0 fully saturated rings. The molecule has 2 heterocycles. The van der Waals surface area contributed by atoms with Gasteiger partial charge in [-0.3, -0.25) is 0 Å². The molecule has 0 amide bonds. The second-order valence-electron chi connectivity index (χ2n) is 6.57. The van der Waals surface area contributed by atoms with Gasteiger partial charge in [0.2, 0.25) is 0 Å². The van der Waals surface area contributed by atoms with Crippen molar-refractivity contribution in [2.45, 2.75) is 35.0 Å². The van der Waals surface area contributed by atoms with E-state index in [4.69, 9.17) is 5.73 Å². The Balaban J connectivity index is 0.000000226. The van der Waals surface area contributed by atoms with Gasteiger partial charge in [0.05, 0.1) is 20.4 Å². The quantitative estimate of drug-likeness (QED) is 0.360. The average Bonchev–Trinajstić information content (AvgIpc) is 3.24. The Bertz CT molecular complexity index is 855. The Morgan fingerprint density at radius 3 is 1.78 bits per heavy atom. The van der Waals surface area contributed by atoms with Crippen LogP contribution in [0.15, 0.2) is 57.2 Å². The normalized spacial score (nSPS) is 12.3. The van der Waals surface area contributed by atoms with Crippen molar-refractivity contribution in [3.05, 3.63) is 48.5 Å². The summed E-state index contributed by atoms with van der Waals surface area (Å²) in [6.07, 6.45) is 1.09. The fourth-order valence-corrected chi connectivity index (χ4v) is 6.03. The van der Waals surface area contributed by atoms with Crippen LogP contribution >= 0.6 is 47.1 Å². The third-order valence-corrected chi connectivity index (χ3v) is 7.39. The highest BCUT2D eigenvalue weighted by atomic mass is 32.2. The fraction of sp³-hybridized carbons (Fsp3) is 0.300. The molecule has 0 spiro atoms. The number of aromatic nitrogens is 2. The van der Waals surface area contributed by atoms with Crippen LogP contribution in [0, 0.1) is 5.92 Å². The summed E-state index contributed by atoms with van der Waals surface area (Å²) in [6, 6.07) is 16.7. The Morgan fingerprint density at radius 2 is 1.41 bits per heavy atom. The van der Waals surface area contributed by atoms with Crippen LogP contribution in [0.5, 0.6) is 0 Å². The number of thiazole rings is 2. The largest absolute Gasteiger partial charge is 0.327 e. The number of benzene rings is 2. The van der Waals surface area contributed by atoms with E-state index in [0.29, 0.717) is 12.0 Å². The molecule has 0 saturated carbocycles. The van der Waals surface area contributed by atoms with Crippen LogP contribution in [0.25, 0.3) is 20.4 Å². The lowest BCUT2D eigenvalue weighted by Crippen LogP contribution is -2.23. The SMILES string of the molecule is CC(C)C[C@@H](N)CS.c1ccc2sc(Sc3nc4ccccc4s3)nc2c1. The Morgan fingerprint density at radius 1 is 0.926 bits per heavy atom. The lowest BCUT2D eigenvalue weighted by atomic mass is 10.1. The van der Waals surface area contributed by atoms with Crippen LogP contribution in [0.2, 0.25) is 0 Å². The molecule has 3 nitrogen and oxygen atoms in total. The fourth-order valence-electron chi connectivity index (χ4n) is 2.54. The van der Waals surface area contributed by atoms with Gasteiger partial charge in [-0.2, -0.15) is 12.6 Å². The number of rotatable bonds is 5. The number of nitrogens with two attached hydrogens (primary N) is 1. The zero-order valence-electron chi connectivity index (χ0n) is 15.3. The van der Waals surface area contributed by atoms with Crippen molar-refractivity contribution in [1.82, 2.24) is 9.97 Å². The molecule has 0 radical (unpaired) electrons. The van der Waals surface area contributed by atoms with Gasteiger partial charge in [-0.1, -0.05) is 38.1 Å². The van der Waals surface area contributed by atoms with Crippen LogP contribution < -0.4 is 5.73 Å². The molecule has 142 valence electrons. The van der Waals surface area contributed by atoms with Crippen LogP contribution in [-0.4, -0.2) is 21.8 Å². The number of thiol groups is 1. The summed E-state index contributed by atoms with van der Waals surface area (Å²) in [5.41, 5.74) is 7.73. The summed E-state index contributed by atoms with van der Waals surface area (Å²) in [4.78, 5) is 9.25. The third kappa shape index (κ3) is 5.93. The van der Waals surface area contributed by atoms with Gasteiger partial charge < -0.3 is 5.73 Å². The monoisotopic (exact) mass is 433 g/mol. The molecule has 4 rings (SSSR count). The van der Waals surface area contributed by atoms with E-state index >= 15 is 0 Å². The minimum atomic E-state index is 0.290. The van der Waals surface area contributed by atoms with Crippen molar-refractivity contribution < 1.29 is 0 Å². The average molecular weight is 434 g/mol. The lowest BCUT2D eigenvalue weighted by molar-refractivity contribution is 0.525. The molecule has 0 unspecified atom stereocenters. The van der Waals surface area contributed by atoms with E-state index in [2.05, 4.69) is 48.6 Å². The van der Waals surface area contributed by atoms with Gasteiger partial charge in [0.15, 0.2) is 8.68 Å². The smallest absolute Gasteiger partial charge is 0.158 e. The second-order valence-corrected chi connectivity index (χ2v) is 10.5. The Labute approximate surface area is 177 Å². The molecule has 0 bridgehead atoms. The van der Waals surface area contributed by atoms with Crippen LogP contribution in [-0.2, 0) is 0 Å². The first-order valence-electron chi connectivity index (χ1n) is 8.80. The minimum absolute atomic E-state index is 0.290. The molecule has 7 heteroatoms. The highest BCUT2D eigenvalue weighted by Crippen LogP contribution is 2.37. The van der Waals surface area contributed by atoms with Gasteiger partial charge in [0.1, 0.15) is 0 Å². The van der Waals surface area contributed by atoms with Gasteiger partial charge >= 0.3 is 0 Å². The molecule has 1 atom stereocenters. The molecule has 2 N–H and O–H groups in total. The van der Waals surface area contributed by atoms with E-state index in [1.165, 1.54) is 9.40 Å². The summed E-state index contributed by atoms with van der Waals surface area (Å²) < 4.78 is 4.57. The number of hydrogen-bond acceptors (Lipinski definition) is 7. The maximum Gasteiger partial charge on any atom is 0.158 e. The van der Waals surface area contributed by atoms with Crippen molar-refractivity contribution in [2.24, 2.45) is 11.7 Å². The van der Waals surface area contributed by atoms with Crippen molar-refractivity contribution in [2.75, 3.05) is 5.75 Å². The summed E-state index contributed by atoms with van der Waals surface area (Å²) in [6.45, 7) is 4.34. The van der Waals surface area contributed by atoms with E-state index in [9.17, 15) is 0 Å². The molecule has 2 aromatic carbocycles. The van der Waals surface area contributed by atoms with E-state index in [0.717, 1.165) is 31.9 Å². The van der Waals surface area contributed by atoms with Crippen LogP contribution in [0.3, 0.4) is 0 Å². The highest BCUT2D eigenvalue weighted by Gasteiger charge is 2.09. The summed E-state index contributed by atoms with van der Waals surface area (Å²) >= 11 is 9.16. The topological polar surface area (TPSA) is 51.8 Å². The maximum absolute atomic E-state index is 5.60. The molecular formula is C20H23N3S4. The van der Waals surface area contributed by atoms with Crippen LogP contribution in [0.4, 0.5) is 0 Å². The number of para-hydroxylation sites is 2. The first-order chi connectivity index (χ1) is 13.0. The van der Waals surface area contributed by atoms with E-state index in [1.54, 1.807) is 34.4 Å². The molecule has 27 heavy (non-hydrogen) atoms. The number of nitrogens with zero attached hydrogens (tertiary/aromatic N) is 2. The Hall–Kier alpha value is -1.12. The number of fused-ring (bicyclic) bond motifs is 2. The molecule has 4 aromatic rings. The molecular weight excluding hydrogens is 411 g/mol. The van der Waals surface area contributed by atoms with E-state index in [-0.39, 0.29) is 0 Å². The maximum atomic E-state index is 5.60. The predicted molar refractivity (Wildman–Crippen MR) is 125 cm³/mol. The van der Waals surface area contributed by atoms with Crippen LogP contribution in [0.1, 0.15) is 20.3 Å². The molecule has 2 aromatic heterocycles. The van der Waals surface area contributed by atoms with Gasteiger partial charge in [0.25, 0.3) is 0 Å². The van der Waals surface area contributed by atoms with Gasteiger partial charge in [0, 0.05) is 11.8 Å². The Kier molecular flexibility index (Phi) is 7.55. The predicted octanol–water partition coefficient (Wildman–Crippen LogP) is 6.35. The third-order valence-electron chi connectivity index (χ3n) is 3.73. The molecule has 0 aliphatic heterocycles. The van der Waals surface area contributed by atoms with Gasteiger partial charge in [-0.15, -0.1) is 22.7 Å². The first-order valence-corrected chi connectivity index (χ1v) is 11.9. The zero-order valence-corrected chi connectivity index (χ0v) is 18.7. The molecule has 0 saturated heterocycles. The van der Waals surface area contributed by atoms with E-state index in [1.807, 2.05) is 36.4 Å². The van der Waals surface area contributed by atoms with Gasteiger partial charge in [-0.25, -0.2) is 9.97 Å². The van der Waals surface area contributed by atoms with Crippen molar-refractivity contribution in [1.29, 1.82) is 0 Å². The lowest BCUT2D eigenvalue weighted by Gasteiger charge is -2.09. The standard InChI is InChI=1S/C14H8N2S3.C6H15NS/c1-3-7-11-9(5-1)15-13(17-11)19-14-16-10-6-2-4-8-12(10)18-14;1-5(2)3-6(7)4-8/h1-8H;5-6,8H,3-4,7H2,1-2H3/t;6-/m.1/s1. The molecule has 0 aliphatic rings. The van der Waals surface area contributed by atoms with Crippen molar-refractivity contribution >= 4 is 67.5 Å². The second kappa shape index (κ2) is 9.89.